The lowest BCUT2D eigenvalue weighted by Gasteiger charge is -2.33. The van der Waals surface area contributed by atoms with Gasteiger partial charge < -0.3 is 15.0 Å². The number of hydrogen-bond donors (Lipinski definition) is 1. The SMILES string of the molecule is CCN1CCN(S(=O)(=O)c2ccc(NC(=O)c3ccc(Oc4cccnc4)cc3)cc2)CC1. The fourth-order valence-electron chi connectivity index (χ4n) is 3.57. The second-order valence-electron chi connectivity index (χ2n) is 7.63. The topological polar surface area (TPSA) is 91.8 Å². The highest BCUT2D eigenvalue weighted by atomic mass is 32.2. The Bertz CT molecular complexity index is 1180. The molecule has 1 aliphatic rings. The number of pyridine rings is 1. The number of aromatic nitrogens is 1. The van der Waals surface area contributed by atoms with Crippen LogP contribution in [-0.4, -0.2) is 61.2 Å². The van der Waals surface area contributed by atoms with Crippen LogP contribution in [0.25, 0.3) is 0 Å². The number of carbonyl (C=O) groups excluding carboxylic acids is 1. The van der Waals surface area contributed by atoms with Crippen molar-refractivity contribution in [3.63, 3.8) is 0 Å². The van der Waals surface area contributed by atoms with Crippen molar-refractivity contribution in [2.75, 3.05) is 38.0 Å². The zero-order valence-electron chi connectivity index (χ0n) is 18.3. The highest BCUT2D eigenvalue weighted by Crippen LogP contribution is 2.22. The maximum absolute atomic E-state index is 12.9. The Morgan fingerprint density at radius 3 is 2.27 bits per heavy atom. The van der Waals surface area contributed by atoms with Crippen molar-refractivity contribution in [2.45, 2.75) is 11.8 Å². The van der Waals surface area contributed by atoms with E-state index < -0.39 is 10.0 Å². The molecule has 9 heteroatoms. The molecule has 3 aromatic rings. The van der Waals surface area contributed by atoms with Crippen molar-refractivity contribution in [3.05, 3.63) is 78.6 Å². The van der Waals surface area contributed by atoms with Crippen LogP contribution in [0.5, 0.6) is 11.5 Å². The van der Waals surface area contributed by atoms with Gasteiger partial charge in [0.2, 0.25) is 10.0 Å². The second kappa shape index (κ2) is 10.1. The maximum atomic E-state index is 12.9. The van der Waals surface area contributed by atoms with Gasteiger partial charge in [0.05, 0.1) is 11.1 Å². The first-order valence-electron chi connectivity index (χ1n) is 10.8. The minimum Gasteiger partial charge on any atom is -0.456 e. The van der Waals surface area contributed by atoms with Gasteiger partial charge in [-0.05, 0) is 67.2 Å². The van der Waals surface area contributed by atoms with Gasteiger partial charge in [-0.25, -0.2) is 8.42 Å². The van der Waals surface area contributed by atoms with Crippen LogP contribution in [0.2, 0.25) is 0 Å². The van der Waals surface area contributed by atoms with Crippen LogP contribution < -0.4 is 10.1 Å². The first-order chi connectivity index (χ1) is 16.0. The fourth-order valence-corrected chi connectivity index (χ4v) is 4.99. The number of amides is 1. The number of sulfonamides is 1. The molecule has 0 unspecified atom stereocenters. The molecule has 0 saturated carbocycles. The summed E-state index contributed by atoms with van der Waals surface area (Å²) in [4.78, 5) is 19.0. The van der Waals surface area contributed by atoms with Crippen LogP contribution in [0.3, 0.4) is 0 Å². The zero-order valence-corrected chi connectivity index (χ0v) is 19.2. The summed E-state index contributed by atoms with van der Waals surface area (Å²) in [6.07, 6.45) is 3.27. The van der Waals surface area contributed by atoms with E-state index in [0.29, 0.717) is 35.8 Å². The van der Waals surface area contributed by atoms with Crippen molar-refractivity contribution in [3.8, 4) is 11.5 Å². The highest BCUT2D eigenvalue weighted by molar-refractivity contribution is 7.89. The minimum atomic E-state index is -3.55. The van der Waals surface area contributed by atoms with Crippen LogP contribution in [0, 0.1) is 0 Å². The smallest absolute Gasteiger partial charge is 0.255 e. The molecule has 0 aliphatic carbocycles. The molecule has 8 nitrogen and oxygen atoms in total. The van der Waals surface area contributed by atoms with E-state index in [1.54, 1.807) is 60.9 Å². The van der Waals surface area contributed by atoms with E-state index in [4.69, 9.17) is 4.74 Å². The summed E-state index contributed by atoms with van der Waals surface area (Å²) >= 11 is 0. The van der Waals surface area contributed by atoms with E-state index in [9.17, 15) is 13.2 Å². The number of piperazine rings is 1. The van der Waals surface area contributed by atoms with Gasteiger partial charge in [0.15, 0.2) is 0 Å². The number of nitrogens with one attached hydrogen (secondary N) is 1. The zero-order chi connectivity index (χ0) is 23.3. The van der Waals surface area contributed by atoms with Gasteiger partial charge in [0.25, 0.3) is 5.91 Å². The molecule has 1 fully saturated rings. The Labute approximate surface area is 193 Å². The Morgan fingerprint density at radius 2 is 1.67 bits per heavy atom. The van der Waals surface area contributed by atoms with Gasteiger partial charge >= 0.3 is 0 Å². The van der Waals surface area contributed by atoms with E-state index in [2.05, 4.69) is 22.1 Å². The number of likely N-dealkylation sites (N-methyl/N-ethyl adjacent to an activating group) is 1. The lowest BCUT2D eigenvalue weighted by atomic mass is 10.2. The Hall–Kier alpha value is -3.27. The van der Waals surface area contributed by atoms with Gasteiger partial charge in [-0.1, -0.05) is 6.92 Å². The van der Waals surface area contributed by atoms with Crippen LogP contribution in [0.15, 0.2) is 78.0 Å². The first kappa shape index (κ1) is 22.9. The largest absolute Gasteiger partial charge is 0.456 e. The molecule has 172 valence electrons. The quantitative estimate of drug-likeness (QED) is 0.573. The van der Waals surface area contributed by atoms with Crippen molar-refractivity contribution in [1.29, 1.82) is 0 Å². The third-order valence-electron chi connectivity index (χ3n) is 5.52. The lowest BCUT2D eigenvalue weighted by molar-refractivity contribution is 0.102. The molecule has 2 aromatic carbocycles. The van der Waals surface area contributed by atoms with Crippen LogP contribution in [0.4, 0.5) is 5.69 Å². The number of benzene rings is 2. The van der Waals surface area contributed by atoms with E-state index >= 15 is 0 Å². The molecular weight excluding hydrogens is 440 g/mol. The molecule has 1 aromatic heterocycles. The molecule has 1 N–H and O–H groups in total. The van der Waals surface area contributed by atoms with E-state index in [1.165, 1.54) is 16.4 Å². The summed E-state index contributed by atoms with van der Waals surface area (Å²) < 4.78 is 33.0. The van der Waals surface area contributed by atoms with Gasteiger partial charge in [-0.3, -0.25) is 9.78 Å². The lowest BCUT2D eigenvalue weighted by Crippen LogP contribution is -2.48. The normalized spacial score (nSPS) is 15.2. The Morgan fingerprint density at radius 1 is 0.970 bits per heavy atom. The van der Waals surface area contributed by atoms with Crippen molar-refractivity contribution >= 4 is 21.6 Å². The third-order valence-corrected chi connectivity index (χ3v) is 7.43. The molecule has 1 amide bonds. The van der Waals surface area contributed by atoms with E-state index in [-0.39, 0.29) is 10.8 Å². The van der Waals surface area contributed by atoms with Gasteiger partial charge in [0, 0.05) is 43.6 Å². The van der Waals surface area contributed by atoms with Gasteiger partial charge in [0.1, 0.15) is 11.5 Å². The summed E-state index contributed by atoms with van der Waals surface area (Å²) in [5, 5.41) is 2.79. The number of anilines is 1. The van der Waals surface area contributed by atoms with Crippen LogP contribution in [-0.2, 0) is 10.0 Å². The molecular formula is C24H26N4O4S. The van der Waals surface area contributed by atoms with Gasteiger partial charge in [-0.15, -0.1) is 0 Å². The molecule has 0 spiro atoms. The summed E-state index contributed by atoms with van der Waals surface area (Å²) in [6.45, 7) is 5.42. The van der Waals surface area contributed by atoms with E-state index in [1.807, 2.05) is 0 Å². The molecule has 1 saturated heterocycles. The average Bonchev–Trinajstić information content (AvgIpc) is 2.85. The Balaban J connectivity index is 1.37. The summed E-state index contributed by atoms with van der Waals surface area (Å²) in [6, 6.07) is 16.6. The predicted molar refractivity (Wildman–Crippen MR) is 126 cm³/mol. The first-order valence-corrected chi connectivity index (χ1v) is 12.2. The highest BCUT2D eigenvalue weighted by Gasteiger charge is 2.27. The standard InChI is InChI=1S/C24H26N4O4S/c1-2-27-14-16-28(17-15-27)33(30,31)23-11-7-20(8-12-23)26-24(29)19-5-9-21(10-6-19)32-22-4-3-13-25-18-22/h3-13,18H,2,14-17H2,1H3,(H,26,29). The molecule has 0 radical (unpaired) electrons. The number of ether oxygens (including phenoxy) is 1. The molecule has 33 heavy (non-hydrogen) atoms. The third kappa shape index (κ3) is 5.57. The minimum absolute atomic E-state index is 0.224. The van der Waals surface area contributed by atoms with Crippen molar-refractivity contribution < 1.29 is 17.9 Å². The number of nitrogens with zero attached hydrogens (tertiary/aromatic N) is 3. The summed E-state index contributed by atoms with van der Waals surface area (Å²) in [5.74, 6) is 0.903. The number of rotatable bonds is 7. The predicted octanol–water partition coefficient (Wildman–Crippen LogP) is 3.45. The van der Waals surface area contributed by atoms with E-state index in [0.717, 1.165) is 19.6 Å². The molecule has 1 aliphatic heterocycles. The van der Waals surface area contributed by atoms with Crippen molar-refractivity contribution in [2.24, 2.45) is 0 Å². The van der Waals surface area contributed by atoms with Crippen molar-refractivity contribution in [1.82, 2.24) is 14.2 Å². The van der Waals surface area contributed by atoms with Crippen LogP contribution in [0.1, 0.15) is 17.3 Å². The van der Waals surface area contributed by atoms with Gasteiger partial charge in [-0.2, -0.15) is 4.31 Å². The average molecular weight is 467 g/mol. The Kier molecular flexibility index (Phi) is 7.02. The monoisotopic (exact) mass is 466 g/mol. The summed E-state index contributed by atoms with van der Waals surface area (Å²) in [7, 11) is -3.55. The van der Waals surface area contributed by atoms with Crippen LogP contribution >= 0.6 is 0 Å². The second-order valence-corrected chi connectivity index (χ2v) is 9.57. The maximum Gasteiger partial charge on any atom is 0.255 e. The number of hydrogen-bond acceptors (Lipinski definition) is 6. The fraction of sp³-hybridized carbons (Fsp3) is 0.250. The molecule has 2 heterocycles. The molecule has 0 bridgehead atoms. The molecule has 0 atom stereocenters. The number of carbonyl (C=O) groups is 1. The summed E-state index contributed by atoms with van der Waals surface area (Å²) in [5.41, 5.74) is 0.976. The molecule has 4 rings (SSSR count).